The topological polar surface area (TPSA) is 84.5 Å². The Labute approximate surface area is 137 Å². The molecule has 1 aromatic rings. The summed E-state index contributed by atoms with van der Waals surface area (Å²) in [5.74, 6) is -0.145. The number of amides is 1. The van der Waals surface area contributed by atoms with E-state index in [2.05, 4.69) is 10.0 Å². The molecular weight excluding hydrogens is 316 g/mol. The van der Waals surface area contributed by atoms with Gasteiger partial charge in [0.05, 0.1) is 4.90 Å². The summed E-state index contributed by atoms with van der Waals surface area (Å²) in [4.78, 5) is 12.3. The van der Waals surface area contributed by atoms with E-state index in [0.29, 0.717) is 25.1 Å². The second-order valence-electron chi connectivity index (χ2n) is 5.72. The molecule has 0 bridgehead atoms. The maximum Gasteiger partial charge on any atom is 0.251 e. The first-order valence-corrected chi connectivity index (χ1v) is 9.41. The summed E-state index contributed by atoms with van der Waals surface area (Å²) < 4.78 is 31.6. The number of ether oxygens (including phenoxy) is 1. The highest BCUT2D eigenvalue weighted by Gasteiger charge is 2.19. The number of methoxy groups -OCH3 is 1. The molecule has 2 rings (SSSR count). The minimum atomic E-state index is -3.54. The zero-order chi connectivity index (χ0) is 16.7. The van der Waals surface area contributed by atoms with Crippen LogP contribution >= 0.6 is 0 Å². The highest BCUT2D eigenvalue weighted by molar-refractivity contribution is 7.89. The fourth-order valence-corrected chi connectivity index (χ4v) is 3.70. The first kappa shape index (κ1) is 17.9. The van der Waals surface area contributed by atoms with Crippen LogP contribution < -0.4 is 10.0 Å². The molecule has 1 saturated carbocycles. The molecule has 0 saturated heterocycles. The zero-order valence-corrected chi connectivity index (χ0v) is 14.2. The molecule has 0 aliphatic heterocycles. The number of hydrogen-bond donors (Lipinski definition) is 2. The summed E-state index contributed by atoms with van der Waals surface area (Å²) in [6.45, 7) is 0.822. The van der Waals surface area contributed by atoms with Crippen LogP contribution in [0.3, 0.4) is 0 Å². The van der Waals surface area contributed by atoms with Gasteiger partial charge in [-0.2, -0.15) is 0 Å². The normalized spacial score (nSPS) is 15.7. The number of hydrogen-bond acceptors (Lipinski definition) is 4. The summed E-state index contributed by atoms with van der Waals surface area (Å²) in [5.41, 5.74) is 0.482. The van der Waals surface area contributed by atoms with Crippen molar-refractivity contribution in [1.29, 1.82) is 0 Å². The van der Waals surface area contributed by atoms with Gasteiger partial charge in [0, 0.05) is 31.9 Å². The Balaban J connectivity index is 1.93. The van der Waals surface area contributed by atoms with Gasteiger partial charge in [-0.3, -0.25) is 4.79 Å². The smallest absolute Gasteiger partial charge is 0.251 e. The second kappa shape index (κ2) is 8.42. The van der Waals surface area contributed by atoms with Gasteiger partial charge in [-0.15, -0.1) is 0 Å². The van der Waals surface area contributed by atoms with E-state index in [-0.39, 0.29) is 16.8 Å². The van der Waals surface area contributed by atoms with Crippen molar-refractivity contribution in [3.8, 4) is 0 Å². The Morgan fingerprint density at radius 2 is 1.87 bits per heavy atom. The fraction of sp³-hybridized carbons (Fsp3) is 0.562. The second-order valence-corrected chi connectivity index (χ2v) is 7.49. The minimum absolute atomic E-state index is 0.145. The third-order valence-electron chi connectivity index (χ3n) is 3.93. The molecule has 1 fully saturated rings. The summed E-state index contributed by atoms with van der Waals surface area (Å²) in [7, 11) is -1.97. The predicted octanol–water partition coefficient (Wildman–Crippen LogP) is 1.67. The SMILES string of the molecule is COCCCNS(=O)(=O)c1ccc(C(=O)NC2CCCC2)cc1. The van der Waals surface area contributed by atoms with E-state index in [1.54, 1.807) is 19.2 Å². The number of carbonyl (C=O) groups excluding carboxylic acids is 1. The van der Waals surface area contributed by atoms with Crippen molar-refractivity contribution in [2.24, 2.45) is 0 Å². The van der Waals surface area contributed by atoms with E-state index in [1.165, 1.54) is 12.1 Å². The molecule has 7 heteroatoms. The number of sulfonamides is 1. The first-order valence-electron chi connectivity index (χ1n) is 7.92. The average molecular weight is 340 g/mol. The Morgan fingerprint density at radius 3 is 2.48 bits per heavy atom. The molecule has 1 aromatic carbocycles. The lowest BCUT2D eigenvalue weighted by Crippen LogP contribution is -2.32. The van der Waals surface area contributed by atoms with Crippen molar-refractivity contribution in [3.63, 3.8) is 0 Å². The number of carbonyl (C=O) groups is 1. The van der Waals surface area contributed by atoms with Crippen LogP contribution in [0.1, 0.15) is 42.5 Å². The molecule has 0 heterocycles. The van der Waals surface area contributed by atoms with Crippen LogP contribution in [0, 0.1) is 0 Å². The first-order chi connectivity index (χ1) is 11.0. The summed E-state index contributed by atoms with van der Waals surface area (Å²) >= 11 is 0. The van der Waals surface area contributed by atoms with E-state index in [1.807, 2.05) is 0 Å². The van der Waals surface area contributed by atoms with E-state index in [0.717, 1.165) is 25.7 Å². The summed E-state index contributed by atoms with van der Waals surface area (Å²) in [6, 6.07) is 6.26. The molecule has 1 aliphatic carbocycles. The summed E-state index contributed by atoms with van der Waals surface area (Å²) in [6.07, 6.45) is 4.94. The lowest BCUT2D eigenvalue weighted by atomic mass is 10.2. The van der Waals surface area contributed by atoms with Gasteiger partial charge in [0.15, 0.2) is 0 Å². The maximum atomic E-state index is 12.1. The third kappa shape index (κ3) is 5.30. The lowest BCUT2D eigenvalue weighted by Gasteiger charge is -2.12. The van der Waals surface area contributed by atoms with Crippen LogP contribution in [0.4, 0.5) is 0 Å². The monoisotopic (exact) mass is 340 g/mol. The molecule has 0 radical (unpaired) electrons. The Bertz CT molecular complexity index is 607. The molecular formula is C16H24N2O4S. The molecule has 0 atom stereocenters. The standard InChI is InChI=1S/C16H24N2O4S/c1-22-12-4-11-17-23(20,21)15-9-7-13(8-10-15)16(19)18-14-5-2-3-6-14/h7-10,14,17H,2-6,11-12H2,1H3,(H,18,19). The van der Waals surface area contributed by atoms with Gasteiger partial charge in [-0.1, -0.05) is 12.8 Å². The Hall–Kier alpha value is -1.44. The van der Waals surface area contributed by atoms with Crippen molar-refractivity contribution in [3.05, 3.63) is 29.8 Å². The van der Waals surface area contributed by atoms with Crippen LogP contribution in [0.5, 0.6) is 0 Å². The molecule has 0 unspecified atom stereocenters. The molecule has 2 N–H and O–H groups in total. The molecule has 128 valence electrons. The van der Waals surface area contributed by atoms with E-state index < -0.39 is 10.0 Å². The van der Waals surface area contributed by atoms with Gasteiger partial charge < -0.3 is 10.1 Å². The van der Waals surface area contributed by atoms with E-state index in [9.17, 15) is 13.2 Å². The molecule has 1 aliphatic rings. The van der Waals surface area contributed by atoms with Crippen molar-refractivity contribution in [2.45, 2.75) is 43.0 Å². The highest BCUT2D eigenvalue weighted by Crippen LogP contribution is 2.18. The van der Waals surface area contributed by atoms with Gasteiger partial charge >= 0.3 is 0 Å². The Morgan fingerprint density at radius 1 is 1.22 bits per heavy atom. The van der Waals surface area contributed by atoms with Gasteiger partial charge in [-0.05, 0) is 43.5 Å². The number of nitrogens with one attached hydrogen (secondary N) is 2. The van der Waals surface area contributed by atoms with Crippen LogP contribution in [-0.4, -0.2) is 40.6 Å². The molecule has 0 aromatic heterocycles. The van der Waals surface area contributed by atoms with Crippen LogP contribution in [-0.2, 0) is 14.8 Å². The molecule has 1 amide bonds. The zero-order valence-electron chi connectivity index (χ0n) is 13.4. The highest BCUT2D eigenvalue weighted by atomic mass is 32.2. The van der Waals surface area contributed by atoms with Gasteiger partial charge in [-0.25, -0.2) is 13.1 Å². The van der Waals surface area contributed by atoms with Gasteiger partial charge in [0.25, 0.3) is 5.91 Å². The van der Waals surface area contributed by atoms with E-state index in [4.69, 9.17) is 4.74 Å². The van der Waals surface area contributed by atoms with Crippen molar-refractivity contribution in [1.82, 2.24) is 10.0 Å². The quantitative estimate of drug-likeness (QED) is 0.705. The maximum absolute atomic E-state index is 12.1. The molecule has 6 nitrogen and oxygen atoms in total. The third-order valence-corrected chi connectivity index (χ3v) is 5.41. The number of rotatable bonds is 8. The van der Waals surface area contributed by atoms with Crippen LogP contribution in [0.25, 0.3) is 0 Å². The average Bonchev–Trinajstić information content (AvgIpc) is 3.05. The van der Waals surface area contributed by atoms with Crippen LogP contribution in [0.2, 0.25) is 0 Å². The Kier molecular flexibility index (Phi) is 6.56. The predicted molar refractivity (Wildman–Crippen MR) is 87.8 cm³/mol. The van der Waals surface area contributed by atoms with Crippen LogP contribution in [0.15, 0.2) is 29.2 Å². The largest absolute Gasteiger partial charge is 0.385 e. The molecule has 23 heavy (non-hydrogen) atoms. The number of benzene rings is 1. The molecule has 0 spiro atoms. The van der Waals surface area contributed by atoms with Crippen molar-refractivity contribution >= 4 is 15.9 Å². The summed E-state index contributed by atoms with van der Waals surface area (Å²) in [5, 5.41) is 2.98. The lowest BCUT2D eigenvalue weighted by molar-refractivity contribution is 0.0938. The fourth-order valence-electron chi connectivity index (χ4n) is 2.63. The van der Waals surface area contributed by atoms with Crippen molar-refractivity contribution < 1.29 is 17.9 Å². The van der Waals surface area contributed by atoms with Gasteiger partial charge in [0.1, 0.15) is 0 Å². The minimum Gasteiger partial charge on any atom is -0.385 e. The van der Waals surface area contributed by atoms with Crippen molar-refractivity contribution in [2.75, 3.05) is 20.3 Å². The van der Waals surface area contributed by atoms with E-state index >= 15 is 0 Å². The van der Waals surface area contributed by atoms with Gasteiger partial charge in [0.2, 0.25) is 10.0 Å².